The fraction of sp³-hybridized carbons (Fsp3) is 0.571. The third-order valence-electron chi connectivity index (χ3n) is 3.45. The summed E-state index contributed by atoms with van der Waals surface area (Å²) in [6, 6.07) is 7.75. The first-order valence-electron chi connectivity index (χ1n) is 6.25. The highest BCUT2D eigenvalue weighted by Gasteiger charge is 2.31. The summed E-state index contributed by atoms with van der Waals surface area (Å²) in [6.45, 7) is 4.30. The fourth-order valence-corrected chi connectivity index (χ4v) is 2.46. The van der Waals surface area contributed by atoms with Crippen LogP contribution >= 0.6 is 0 Å². The minimum atomic E-state index is 0.325. The Balaban J connectivity index is 1.91. The molecule has 1 aliphatic carbocycles. The molecule has 0 radical (unpaired) electrons. The average molecular weight is 217 g/mol. The Morgan fingerprint density at radius 3 is 2.88 bits per heavy atom. The first kappa shape index (κ1) is 10.2. The van der Waals surface area contributed by atoms with Gasteiger partial charge in [-0.3, -0.25) is 0 Å². The van der Waals surface area contributed by atoms with Crippen molar-refractivity contribution in [1.29, 1.82) is 0 Å². The van der Waals surface area contributed by atoms with Gasteiger partial charge in [-0.1, -0.05) is 17.7 Å². The number of hydrogen-bond donors (Lipinski definition) is 1. The molecule has 16 heavy (non-hydrogen) atoms. The topological polar surface area (TPSA) is 21.3 Å². The van der Waals surface area contributed by atoms with Gasteiger partial charge in [0.05, 0.1) is 6.10 Å². The van der Waals surface area contributed by atoms with Crippen molar-refractivity contribution in [3.8, 4) is 5.75 Å². The van der Waals surface area contributed by atoms with Crippen molar-refractivity contribution in [3.63, 3.8) is 0 Å². The smallest absolute Gasteiger partial charge is 0.124 e. The number of fused-ring (bicyclic) bond motifs is 1. The highest BCUT2D eigenvalue weighted by atomic mass is 16.5. The first-order valence-corrected chi connectivity index (χ1v) is 6.25. The van der Waals surface area contributed by atoms with E-state index in [0.717, 1.165) is 18.2 Å². The molecule has 2 atom stereocenters. The van der Waals surface area contributed by atoms with E-state index in [0.29, 0.717) is 12.1 Å². The lowest BCUT2D eigenvalue weighted by atomic mass is 9.95. The van der Waals surface area contributed by atoms with Gasteiger partial charge in [0.15, 0.2) is 0 Å². The molecule has 0 spiro atoms. The van der Waals surface area contributed by atoms with Crippen LogP contribution in [-0.4, -0.2) is 12.1 Å². The average Bonchev–Trinajstić information content (AvgIpc) is 3.03. The summed E-state index contributed by atoms with van der Waals surface area (Å²) in [5, 5.41) is 3.73. The van der Waals surface area contributed by atoms with E-state index >= 15 is 0 Å². The van der Waals surface area contributed by atoms with Crippen LogP contribution in [0, 0.1) is 6.92 Å². The van der Waals surface area contributed by atoms with Crippen LogP contribution in [0.5, 0.6) is 5.75 Å². The van der Waals surface area contributed by atoms with Crippen molar-refractivity contribution in [3.05, 3.63) is 29.3 Å². The summed E-state index contributed by atoms with van der Waals surface area (Å²) in [5.74, 6) is 1.07. The van der Waals surface area contributed by atoms with E-state index in [1.807, 2.05) is 0 Å². The molecule has 1 aliphatic heterocycles. The van der Waals surface area contributed by atoms with Crippen molar-refractivity contribution in [1.82, 2.24) is 5.32 Å². The molecule has 1 aromatic carbocycles. The SMILES string of the molecule is Cc1ccc2c(c1)C(NC1CC1)CC(C)O2. The van der Waals surface area contributed by atoms with Crippen LogP contribution in [-0.2, 0) is 0 Å². The Morgan fingerprint density at radius 1 is 1.31 bits per heavy atom. The van der Waals surface area contributed by atoms with E-state index in [-0.39, 0.29) is 0 Å². The number of nitrogens with one attached hydrogen (secondary N) is 1. The second-order valence-corrected chi connectivity index (χ2v) is 5.20. The molecule has 2 unspecified atom stereocenters. The van der Waals surface area contributed by atoms with Gasteiger partial charge >= 0.3 is 0 Å². The highest BCUT2D eigenvalue weighted by molar-refractivity contribution is 5.41. The van der Waals surface area contributed by atoms with Crippen LogP contribution in [0.15, 0.2) is 18.2 Å². The molecule has 2 nitrogen and oxygen atoms in total. The Hall–Kier alpha value is -1.02. The highest BCUT2D eigenvalue weighted by Crippen LogP contribution is 2.37. The molecule has 1 saturated carbocycles. The Kier molecular flexibility index (Phi) is 2.40. The molecule has 0 amide bonds. The van der Waals surface area contributed by atoms with Gasteiger partial charge in [0, 0.05) is 24.1 Å². The Labute approximate surface area is 97.0 Å². The van der Waals surface area contributed by atoms with E-state index < -0.39 is 0 Å². The number of benzene rings is 1. The van der Waals surface area contributed by atoms with Crippen LogP contribution in [0.1, 0.15) is 43.4 Å². The van der Waals surface area contributed by atoms with Crippen molar-refractivity contribution in [2.75, 3.05) is 0 Å². The summed E-state index contributed by atoms with van der Waals surface area (Å²) >= 11 is 0. The van der Waals surface area contributed by atoms with Crippen molar-refractivity contribution in [2.24, 2.45) is 0 Å². The van der Waals surface area contributed by atoms with Crippen LogP contribution in [0.25, 0.3) is 0 Å². The molecule has 0 saturated heterocycles. The minimum Gasteiger partial charge on any atom is -0.490 e. The van der Waals surface area contributed by atoms with Gasteiger partial charge in [0.1, 0.15) is 5.75 Å². The first-order chi connectivity index (χ1) is 7.72. The number of ether oxygens (including phenoxy) is 1. The second kappa shape index (κ2) is 3.77. The maximum atomic E-state index is 5.88. The maximum Gasteiger partial charge on any atom is 0.124 e. The third kappa shape index (κ3) is 1.94. The van der Waals surface area contributed by atoms with E-state index in [9.17, 15) is 0 Å². The van der Waals surface area contributed by atoms with Gasteiger partial charge in [-0.15, -0.1) is 0 Å². The summed E-state index contributed by atoms with van der Waals surface area (Å²) < 4.78 is 5.88. The standard InChI is InChI=1S/C14H19NO/c1-9-3-6-14-12(7-9)13(8-10(2)16-14)15-11-4-5-11/h3,6-7,10-11,13,15H,4-5,8H2,1-2H3. The van der Waals surface area contributed by atoms with Gasteiger partial charge in [-0.2, -0.15) is 0 Å². The minimum absolute atomic E-state index is 0.325. The van der Waals surface area contributed by atoms with Gasteiger partial charge in [0.25, 0.3) is 0 Å². The maximum absolute atomic E-state index is 5.88. The second-order valence-electron chi connectivity index (χ2n) is 5.20. The molecule has 1 aromatic rings. The predicted molar refractivity (Wildman–Crippen MR) is 64.8 cm³/mol. The lowest BCUT2D eigenvalue weighted by Crippen LogP contribution is -2.32. The van der Waals surface area contributed by atoms with E-state index in [4.69, 9.17) is 4.74 Å². The number of hydrogen-bond acceptors (Lipinski definition) is 2. The largest absolute Gasteiger partial charge is 0.490 e. The summed E-state index contributed by atoms with van der Waals surface area (Å²) in [4.78, 5) is 0. The van der Waals surface area contributed by atoms with Gasteiger partial charge in [-0.05, 0) is 32.8 Å². The number of rotatable bonds is 2. The zero-order valence-electron chi connectivity index (χ0n) is 9.99. The summed E-state index contributed by atoms with van der Waals surface area (Å²) in [7, 11) is 0. The van der Waals surface area contributed by atoms with Crippen LogP contribution < -0.4 is 10.1 Å². The van der Waals surface area contributed by atoms with Crippen LogP contribution in [0.4, 0.5) is 0 Å². The van der Waals surface area contributed by atoms with Gasteiger partial charge < -0.3 is 10.1 Å². The molecule has 0 bridgehead atoms. The van der Waals surface area contributed by atoms with Crippen LogP contribution in [0.3, 0.4) is 0 Å². The fourth-order valence-electron chi connectivity index (χ4n) is 2.46. The molecule has 1 fully saturated rings. The Bertz CT molecular complexity index is 398. The molecule has 86 valence electrons. The van der Waals surface area contributed by atoms with E-state index in [1.54, 1.807) is 0 Å². The molecule has 2 aliphatic rings. The molecule has 1 N–H and O–H groups in total. The van der Waals surface area contributed by atoms with Gasteiger partial charge in [0.2, 0.25) is 0 Å². The molecular weight excluding hydrogens is 198 g/mol. The van der Waals surface area contributed by atoms with Gasteiger partial charge in [-0.25, -0.2) is 0 Å². The lowest BCUT2D eigenvalue weighted by molar-refractivity contribution is 0.166. The van der Waals surface area contributed by atoms with E-state index in [1.165, 1.54) is 24.0 Å². The summed E-state index contributed by atoms with van der Waals surface area (Å²) in [6.07, 6.45) is 4.10. The Morgan fingerprint density at radius 2 is 2.12 bits per heavy atom. The van der Waals surface area contributed by atoms with Crippen molar-refractivity contribution < 1.29 is 4.74 Å². The zero-order valence-corrected chi connectivity index (χ0v) is 9.99. The quantitative estimate of drug-likeness (QED) is 0.822. The molecule has 3 rings (SSSR count). The normalized spacial score (nSPS) is 28.4. The predicted octanol–water partition coefficient (Wildman–Crippen LogP) is 2.96. The zero-order chi connectivity index (χ0) is 11.1. The lowest BCUT2D eigenvalue weighted by Gasteiger charge is -2.31. The number of aryl methyl sites for hydroxylation is 1. The molecule has 1 heterocycles. The third-order valence-corrected chi connectivity index (χ3v) is 3.45. The van der Waals surface area contributed by atoms with Crippen LogP contribution in [0.2, 0.25) is 0 Å². The molecule has 2 heteroatoms. The van der Waals surface area contributed by atoms with Crippen molar-refractivity contribution >= 4 is 0 Å². The monoisotopic (exact) mass is 217 g/mol. The molecular formula is C14H19NO. The summed E-state index contributed by atoms with van der Waals surface area (Å²) in [5.41, 5.74) is 2.67. The van der Waals surface area contributed by atoms with E-state index in [2.05, 4.69) is 37.4 Å². The molecule has 0 aromatic heterocycles. The van der Waals surface area contributed by atoms with Crippen molar-refractivity contribution in [2.45, 2.75) is 51.3 Å².